The first-order chi connectivity index (χ1) is 14.4. The van der Waals surface area contributed by atoms with E-state index in [1.165, 1.54) is 36.4 Å². The van der Waals surface area contributed by atoms with E-state index in [9.17, 15) is 13.6 Å². The highest BCUT2D eigenvalue weighted by atomic mass is 35.5. The fourth-order valence-electron chi connectivity index (χ4n) is 2.49. The van der Waals surface area contributed by atoms with Gasteiger partial charge in [-0.3, -0.25) is 15.1 Å². The van der Waals surface area contributed by atoms with Crippen molar-refractivity contribution in [3.05, 3.63) is 46.4 Å². The molecule has 1 aliphatic carbocycles. The van der Waals surface area contributed by atoms with E-state index < -0.39 is 6.43 Å². The van der Waals surface area contributed by atoms with Crippen molar-refractivity contribution in [2.75, 3.05) is 12.4 Å². The zero-order valence-electron chi connectivity index (χ0n) is 16.1. The van der Waals surface area contributed by atoms with Crippen LogP contribution in [0.3, 0.4) is 0 Å². The lowest BCUT2D eigenvalue weighted by atomic mass is 10.0. The number of carbonyl (C=O) groups excluding carboxylic acids is 1. The van der Waals surface area contributed by atoms with Crippen LogP contribution in [0.5, 0.6) is 5.75 Å². The highest BCUT2D eigenvalue weighted by molar-refractivity contribution is 7.13. The molecule has 11 heteroatoms. The Kier molecular flexibility index (Phi) is 7.22. The molecule has 0 aliphatic heterocycles. The Hall–Kier alpha value is -2.72. The normalized spacial score (nSPS) is 12.9. The first-order valence-corrected chi connectivity index (χ1v) is 10.2. The average molecular weight is 454 g/mol. The number of rotatable bonds is 5. The Labute approximate surface area is 180 Å². The smallest absolute Gasteiger partial charge is 0.259 e. The summed E-state index contributed by atoms with van der Waals surface area (Å²) in [4.78, 5) is 20.8. The number of nitrogens with zero attached hydrogens (tertiary/aromatic N) is 4. The largest absolute Gasteiger partial charge is 0.494 e. The van der Waals surface area contributed by atoms with Crippen molar-refractivity contribution >= 4 is 34.0 Å². The molecule has 30 heavy (non-hydrogen) atoms. The average Bonchev–Trinajstić information content (AvgIpc) is 3.46. The van der Waals surface area contributed by atoms with Gasteiger partial charge in [0, 0.05) is 28.9 Å². The van der Waals surface area contributed by atoms with Gasteiger partial charge in [0.25, 0.3) is 5.91 Å². The van der Waals surface area contributed by atoms with E-state index in [2.05, 4.69) is 25.5 Å². The Morgan fingerprint density at radius 2 is 2.03 bits per heavy atom. The molecular weight excluding hydrogens is 436 g/mol. The van der Waals surface area contributed by atoms with Crippen LogP contribution in [0.2, 0.25) is 5.15 Å². The number of aromatic nitrogens is 4. The van der Waals surface area contributed by atoms with Crippen LogP contribution in [0.15, 0.2) is 30.0 Å². The third-order valence-electron chi connectivity index (χ3n) is 4.19. The van der Waals surface area contributed by atoms with E-state index in [1.807, 2.05) is 6.92 Å². The maximum atomic E-state index is 12.6. The van der Waals surface area contributed by atoms with Crippen LogP contribution in [0, 0.1) is 12.8 Å². The van der Waals surface area contributed by atoms with Crippen molar-refractivity contribution in [2.45, 2.75) is 26.2 Å². The number of aryl methyl sites for hydroxylation is 1. The molecule has 0 saturated heterocycles. The number of amides is 1. The molecule has 1 saturated carbocycles. The molecule has 0 bridgehead atoms. The summed E-state index contributed by atoms with van der Waals surface area (Å²) in [7, 11) is 1.53. The fourth-order valence-corrected chi connectivity index (χ4v) is 3.09. The van der Waals surface area contributed by atoms with Gasteiger partial charge >= 0.3 is 0 Å². The van der Waals surface area contributed by atoms with Gasteiger partial charge in [-0.15, -0.1) is 10.2 Å². The predicted octanol–water partition coefficient (Wildman–Crippen LogP) is 4.88. The lowest BCUT2D eigenvalue weighted by Gasteiger charge is -2.13. The third kappa shape index (κ3) is 5.67. The Morgan fingerprint density at radius 1 is 1.27 bits per heavy atom. The summed E-state index contributed by atoms with van der Waals surface area (Å²) in [6, 6.07) is 3.44. The zero-order chi connectivity index (χ0) is 21.7. The van der Waals surface area contributed by atoms with E-state index in [1.54, 1.807) is 12.1 Å². The van der Waals surface area contributed by atoms with Crippen LogP contribution in [-0.4, -0.2) is 39.6 Å². The predicted molar refractivity (Wildman–Crippen MR) is 110 cm³/mol. The van der Waals surface area contributed by atoms with E-state index >= 15 is 0 Å². The molecule has 0 unspecified atom stereocenters. The lowest BCUT2D eigenvalue weighted by Crippen LogP contribution is -2.14. The van der Waals surface area contributed by atoms with E-state index in [-0.39, 0.29) is 11.8 Å². The molecule has 0 atom stereocenters. The summed E-state index contributed by atoms with van der Waals surface area (Å²) in [5.41, 5.74) is 3.97. The molecule has 3 aromatic heterocycles. The number of nitrogens with one attached hydrogen (secondary N) is 1. The number of alkyl halides is 2. The molecule has 1 aliphatic rings. The number of hydrogen-bond donors (Lipinski definition) is 1. The molecule has 0 aromatic carbocycles. The molecule has 1 fully saturated rings. The van der Waals surface area contributed by atoms with Gasteiger partial charge in [-0.2, -0.15) is 0 Å². The van der Waals surface area contributed by atoms with Gasteiger partial charge in [-0.05, 0) is 31.9 Å². The summed E-state index contributed by atoms with van der Waals surface area (Å²) >= 11 is 7.24. The first kappa shape index (κ1) is 22.0. The second-order valence-electron chi connectivity index (χ2n) is 6.45. The zero-order valence-corrected chi connectivity index (χ0v) is 17.7. The van der Waals surface area contributed by atoms with Gasteiger partial charge < -0.3 is 4.74 Å². The molecular formula is C19H18ClF2N5O2S. The SMILES string of the molecule is COc1cnc(Cl)cc1-c1cc(C)ncc1C(=O)Nc1nncs1.FC(F)C1CC1. The van der Waals surface area contributed by atoms with Gasteiger partial charge in [0.1, 0.15) is 16.4 Å². The van der Waals surface area contributed by atoms with Crippen LogP contribution < -0.4 is 10.1 Å². The maximum Gasteiger partial charge on any atom is 0.259 e. The number of anilines is 1. The highest BCUT2D eigenvalue weighted by Gasteiger charge is 2.30. The number of ether oxygens (including phenoxy) is 1. The van der Waals surface area contributed by atoms with Gasteiger partial charge in [0.05, 0.1) is 18.9 Å². The van der Waals surface area contributed by atoms with Crippen molar-refractivity contribution < 1.29 is 18.3 Å². The second kappa shape index (κ2) is 9.86. The number of carbonyl (C=O) groups is 1. The van der Waals surface area contributed by atoms with Crippen LogP contribution in [0.4, 0.5) is 13.9 Å². The number of halogens is 3. The monoisotopic (exact) mass is 453 g/mol. The van der Waals surface area contributed by atoms with Crippen molar-refractivity contribution in [3.63, 3.8) is 0 Å². The van der Waals surface area contributed by atoms with Crippen LogP contribution >= 0.6 is 22.9 Å². The lowest BCUT2D eigenvalue weighted by molar-refractivity contribution is 0.102. The first-order valence-electron chi connectivity index (χ1n) is 8.91. The Bertz CT molecular complexity index is 1020. The number of methoxy groups -OCH3 is 1. The van der Waals surface area contributed by atoms with Crippen LogP contribution in [-0.2, 0) is 0 Å². The minimum Gasteiger partial charge on any atom is -0.494 e. The van der Waals surface area contributed by atoms with E-state index in [4.69, 9.17) is 16.3 Å². The van der Waals surface area contributed by atoms with Gasteiger partial charge in [0.2, 0.25) is 11.6 Å². The highest BCUT2D eigenvalue weighted by Crippen LogP contribution is 2.35. The van der Waals surface area contributed by atoms with E-state index in [0.29, 0.717) is 32.7 Å². The molecule has 3 heterocycles. The molecule has 7 nitrogen and oxygen atoms in total. The minimum atomic E-state index is -2.04. The van der Waals surface area contributed by atoms with Crippen molar-refractivity contribution in [2.24, 2.45) is 5.92 Å². The number of pyridine rings is 2. The summed E-state index contributed by atoms with van der Waals surface area (Å²) in [5, 5.41) is 10.9. The van der Waals surface area contributed by atoms with E-state index in [0.717, 1.165) is 18.5 Å². The van der Waals surface area contributed by atoms with Crippen molar-refractivity contribution in [1.29, 1.82) is 0 Å². The van der Waals surface area contributed by atoms with Crippen molar-refractivity contribution in [3.8, 4) is 16.9 Å². The van der Waals surface area contributed by atoms with Crippen molar-refractivity contribution in [1.82, 2.24) is 20.2 Å². The molecule has 4 rings (SSSR count). The topological polar surface area (TPSA) is 89.9 Å². The number of hydrogen-bond acceptors (Lipinski definition) is 7. The standard InChI is InChI=1S/C15H12ClN5O2S.C4H6F2/c1-8-3-9(10-4-13(16)18-6-12(10)23-2)11(5-17-8)14(22)20-15-21-19-7-24-15;5-4(6)3-1-2-3/h3-7H,1-2H3,(H,20,21,22);3-4H,1-2H2. The van der Waals surface area contributed by atoms with Crippen LogP contribution in [0.25, 0.3) is 11.1 Å². The Balaban J connectivity index is 0.000000367. The fraction of sp³-hybridized carbons (Fsp3) is 0.316. The summed E-state index contributed by atoms with van der Waals surface area (Å²) < 4.78 is 27.8. The minimum absolute atomic E-state index is 0.231. The summed E-state index contributed by atoms with van der Waals surface area (Å²) in [6.45, 7) is 1.84. The maximum absolute atomic E-state index is 12.6. The molecule has 1 amide bonds. The van der Waals surface area contributed by atoms with Gasteiger partial charge in [-0.1, -0.05) is 22.9 Å². The molecule has 1 N–H and O–H groups in total. The second-order valence-corrected chi connectivity index (χ2v) is 7.67. The molecule has 0 radical (unpaired) electrons. The van der Waals surface area contributed by atoms with Gasteiger partial charge in [-0.25, -0.2) is 13.8 Å². The van der Waals surface area contributed by atoms with Crippen LogP contribution in [0.1, 0.15) is 28.9 Å². The quantitative estimate of drug-likeness (QED) is 0.554. The molecule has 158 valence electrons. The molecule has 0 spiro atoms. The third-order valence-corrected chi connectivity index (χ3v) is 5.00. The summed E-state index contributed by atoms with van der Waals surface area (Å²) in [5.74, 6) is -0.0656. The van der Waals surface area contributed by atoms with Gasteiger partial charge in [0.15, 0.2) is 0 Å². The summed E-state index contributed by atoms with van der Waals surface area (Å²) in [6.07, 6.45) is 2.48. The molecule has 3 aromatic rings. The Morgan fingerprint density at radius 3 is 2.60 bits per heavy atom.